The molecule has 2 aromatic carbocycles. The average molecular weight is 421 g/mol. The number of carbonyl (C=O) groups excluding carboxylic acids is 3. The minimum absolute atomic E-state index is 0.0478. The van der Waals surface area contributed by atoms with Gasteiger partial charge in [-0.15, -0.1) is 0 Å². The summed E-state index contributed by atoms with van der Waals surface area (Å²) in [6, 6.07) is 10.4. The van der Waals surface area contributed by atoms with Gasteiger partial charge >= 0.3 is 12.0 Å². The minimum atomic E-state index is -1.01. The first-order valence-electron chi connectivity index (χ1n) is 10.3. The van der Waals surface area contributed by atoms with Crippen LogP contribution in [-0.4, -0.2) is 39.9 Å². The van der Waals surface area contributed by atoms with Crippen molar-refractivity contribution in [1.29, 1.82) is 0 Å². The van der Waals surface area contributed by atoms with Gasteiger partial charge in [-0.05, 0) is 48.7 Å². The lowest BCUT2D eigenvalue weighted by Gasteiger charge is -2.29. The summed E-state index contributed by atoms with van der Waals surface area (Å²) in [5.41, 5.74) is 2.03. The molecule has 1 aliphatic heterocycles. The highest BCUT2D eigenvalue weighted by atomic mass is 16.4. The maximum absolute atomic E-state index is 12.9. The summed E-state index contributed by atoms with van der Waals surface area (Å²) in [5, 5.41) is 14.3. The number of nitrogens with one attached hydrogen (secondary N) is 2. The average Bonchev–Trinajstić information content (AvgIpc) is 3.02. The Morgan fingerprint density at radius 1 is 0.935 bits per heavy atom. The summed E-state index contributed by atoms with van der Waals surface area (Å²) in [6.45, 7) is 0.212. The molecule has 0 unspecified atom stereocenters. The third kappa shape index (κ3) is 4.28. The number of urea groups is 1. The standard InChI is InChI=1S/C23H23N3O5/c27-20-18-11-10-16(12-19(18)21(28)26(20)17-4-2-1-3-5-17)25-23(31)24-13-14-6-8-15(9-7-14)22(29)30/h6-12,17H,1-5,13H2,(H,29,30)(H2,24,25,31). The lowest BCUT2D eigenvalue weighted by atomic mass is 9.94. The van der Waals surface area contributed by atoms with Crippen molar-refractivity contribution in [3.8, 4) is 0 Å². The van der Waals surface area contributed by atoms with Gasteiger partial charge in [0.1, 0.15) is 0 Å². The van der Waals surface area contributed by atoms with E-state index in [-0.39, 0.29) is 30.0 Å². The van der Waals surface area contributed by atoms with Crippen molar-refractivity contribution in [1.82, 2.24) is 10.2 Å². The van der Waals surface area contributed by atoms with Crippen LogP contribution in [0.25, 0.3) is 0 Å². The fraction of sp³-hybridized carbons (Fsp3) is 0.304. The van der Waals surface area contributed by atoms with E-state index in [0.717, 1.165) is 37.7 Å². The molecule has 0 bridgehead atoms. The van der Waals surface area contributed by atoms with Gasteiger partial charge in [0.05, 0.1) is 16.7 Å². The summed E-state index contributed by atoms with van der Waals surface area (Å²) >= 11 is 0. The highest BCUT2D eigenvalue weighted by molar-refractivity contribution is 6.22. The van der Waals surface area contributed by atoms with Gasteiger partial charge in [-0.25, -0.2) is 9.59 Å². The zero-order chi connectivity index (χ0) is 22.0. The number of hydrogen-bond acceptors (Lipinski definition) is 4. The normalized spacial score (nSPS) is 16.2. The molecule has 2 aromatic rings. The van der Waals surface area contributed by atoms with Crippen LogP contribution in [0.4, 0.5) is 10.5 Å². The number of benzene rings is 2. The predicted octanol–water partition coefficient (Wildman–Crippen LogP) is 3.64. The molecule has 0 atom stereocenters. The second-order valence-electron chi connectivity index (χ2n) is 7.84. The topological polar surface area (TPSA) is 116 Å². The van der Waals surface area contributed by atoms with Crippen LogP contribution < -0.4 is 10.6 Å². The molecule has 1 aliphatic carbocycles. The monoisotopic (exact) mass is 421 g/mol. The molecule has 0 aromatic heterocycles. The fourth-order valence-corrected chi connectivity index (χ4v) is 4.13. The molecule has 31 heavy (non-hydrogen) atoms. The highest BCUT2D eigenvalue weighted by Gasteiger charge is 2.40. The van der Waals surface area contributed by atoms with Crippen molar-refractivity contribution >= 4 is 29.5 Å². The Balaban J connectivity index is 1.39. The van der Waals surface area contributed by atoms with E-state index in [1.54, 1.807) is 30.3 Å². The molecule has 0 saturated heterocycles. The lowest BCUT2D eigenvalue weighted by molar-refractivity contribution is 0.0547. The molecule has 1 fully saturated rings. The number of fused-ring (bicyclic) bond motifs is 1. The fourth-order valence-electron chi connectivity index (χ4n) is 4.13. The number of carbonyl (C=O) groups is 4. The third-order valence-electron chi connectivity index (χ3n) is 5.77. The number of imide groups is 1. The first-order chi connectivity index (χ1) is 14.9. The van der Waals surface area contributed by atoms with Gasteiger partial charge < -0.3 is 15.7 Å². The number of rotatable bonds is 5. The second kappa shape index (κ2) is 8.59. The van der Waals surface area contributed by atoms with Crippen LogP contribution in [0, 0.1) is 0 Å². The summed E-state index contributed by atoms with van der Waals surface area (Å²) in [7, 11) is 0. The molecule has 1 heterocycles. The van der Waals surface area contributed by atoms with Crippen molar-refractivity contribution in [3.05, 3.63) is 64.7 Å². The first kappa shape index (κ1) is 20.6. The SMILES string of the molecule is O=C(NCc1ccc(C(=O)O)cc1)Nc1ccc2c(c1)C(=O)N(C1CCCCC1)C2=O. The molecule has 8 heteroatoms. The van der Waals surface area contributed by atoms with Crippen molar-refractivity contribution in [2.75, 3.05) is 5.32 Å². The molecule has 160 valence electrons. The van der Waals surface area contributed by atoms with Crippen LogP contribution in [0.3, 0.4) is 0 Å². The number of anilines is 1. The van der Waals surface area contributed by atoms with Gasteiger partial charge in [-0.2, -0.15) is 0 Å². The smallest absolute Gasteiger partial charge is 0.335 e. The van der Waals surface area contributed by atoms with Crippen LogP contribution >= 0.6 is 0 Å². The van der Waals surface area contributed by atoms with Gasteiger partial charge in [0.15, 0.2) is 0 Å². The predicted molar refractivity (Wildman–Crippen MR) is 113 cm³/mol. The molecule has 1 saturated carbocycles. The van der Waals surface area contributed by atoms with Gasteiger partial charge in [0, 0.05) is 18.3 Å². The zero-order valence-corrected chi connectivity index (χ0v) is 16.9. The molecule has 4 rings (SSSR count). The van der Waals surface area contributed by atoms with E-state index in [4.69, 9.17) is 5.11 Å². The highest BCUT2D eigenvalue weighted by Crippen LogP contribution is 2.32. The Morgan fingerprint density at radius 3 is 2.29 bits per heavy atom. The number of carboxylic acid groups (broad SMARTS) is 1. The second-order valence-corrected chi connectivity index (χ2v) is 7.84. The summed E-state index contributed by atoms with van der Waals surface area (Å²) < 4.78 is 0. The van der Waals surface area contributed by atoms with Crippen LogP contribution in [-0.2, 0) is 6.54 Å². The number of amides is 4. The van der Waals surface area contributed by atoms with Crippen molar-refractivity contribution in [2.45, 2.75) is 44.7 Å². The van der Waals surface area contributed by atoms with E-state index in [0.29, 0.717) is 16.8 Å². The zero-order valence-electron chi connectivity index (χ0n) is 16.9. The molecular weight excluding hydrogens is 398 g/mol. The third-order valence-corrected chi connectivity index (χ3v) is 5.77. The van der Waals surface area contributed by atoms with E-state index in [1.807, 2.05) is 0 Å². The molecule has 2 aliphatic rings. The van der Waals surface area contributed by atoms with E-state index in [2.05, 4.69) is 10.6 Å². The largest absolute Gasteiger partial charge is 0.478 e. The van der Waals surface area contributed by atoms with E-state index in [1.165, 1.54) is 17.0 Å². The molecule has 0 radical (unpaired) electrons. The van der Waals surface area contributed by atoms with Crippen LogP contribution in [0.1, 0.15) is 68.7 Å². The summed E-state index contributed by atoms with van der Waals surface area (Å²) in [5.74, 6) is -1.56. The minimum Gasteiger partial charge on any atom is -0.478 e. The molecular formula is C23H23N3O5. The van der Waals surface area contributed by atoms with E-state index in [9.17, 15) is 19.2 Å². The molecule has 3 N–H and O–H groups in total. The van der Waals surface area contributed by atoms with Gasteiger partial charge in [-0.1, -0.05) is 31.4 Å². The van der Waals surface area contributed by atoms with Crippen molar-refractivity contribution in [3.63, 3.8) is 0 Å². The van der Waals surface area contributed by atoms with E-state index < -0.39 is 12.0 Å². The Hall–Kier alpha value is -3.68. The van der Waals surface area contributed by atoms with Crippen LogP contribution in [0.5, 0.6) is 0 Å². The van der Waals surface area contributed by atoms with Gasteiger partial charge in [0.25, 0.3) is 11.8 Å². The van der Waals surface area contributed by atoms with Crippen molar-refractivity contribution < 1.29 is 24.3 Å². The lowest BCUT2D eigenvalue weighted by Crippen LogP contribution is -2.40. The molecule has 8 nitrogen and oxygen atoms in total. The number of hydrogen-bond donors (Lipinski definition) is 3. The maximum atomic E-state index is 12.9. The summed E-state index contributed by atoms with van der Waals surface area (Å²) in [6.07, 6.45) is 4.85. The quantitative estimate of drug-likeness (QED) is 0.638. The number of carboxylic acids is 1. The molecule has 0 spiro atoms. The Morgan fingerprint density at radius 2 is 1.61 bits per heavy atom. The van der Waals surface area contributed by atoms with Crippen molar-refractivity contribution in [2.24, 2.45) is 0 Å². The van der Waals surface area contributed by atoms with Crippen LogP contribution in [0.2, 0.25) is 0 Å². The van der Waals surface area contributed by atoms with Gasteiger partial charge in [0.2, 0.25) is 0 Å². The van der Waals surface area contributed by atoms with Gasteiger partial charge in [-0.3, -0.25) is 14.5 Å². The number of aromatic carboxylic acids is 1. The number of nitrogens with zero attached hydrogens (tertiary/aromatic N) is 1. The molecule has 4 amide bonds. The van der Waals surface area contributed by atoms with Crippen LogP contribution in [0.15, 0.2) is 42.5 Å². The Kier molecular flexibility index (Phi) is 5.70. The maximum Gasteiger partial charge on any atom is 0.335 e. The Labute approximate surface area is 179 Å². The summed E-state index contributed by atoms with van der Waals surface area (Å²) in [4.78, 5) is 50.1. The van der Waals surface area contributed by atoms with E-state index >= 15 is 0 Å². The first-order valence-corrected chi connectivity index (χ1v) is 10.3. The Bertz CT molecular complexity index is 1040.